The van der Waals surface area contributed by atoms with Crippen LogP contribution in [-0.2, 0) is 0 Å². The zero-order chi connectivity index (χ0) is 8.23. The van der Waals surface area contributed by atoms with Crippen LogP contribution in [0.25, 0.3) is 0 Å². The van der Waals surface area contributed by atoms with E-state index < -0.39 is 0 Å². The maximum atomic E-state index is 4.21. The van der Waals surface area contributed by atoms with Crippen LogP contribution < -0.4 is 5.32 Å². The average molecular weight is 158 g/mol. The summed E-state index contributed by atoms with van der Waals surface area (Å²) in [6.45, 7) is 0. The Hall–Kier alpha value is -1.64. The summed E-state index contributed by atoms with van der Waals surface area (Å²) in [6, 6.07) is 5.94. The number of hydrogen-bond donors (Lipinski definition) is 1. The van der Waals surface area contributed by atoms with Gasteiger partial charge in [0.25, 0.3) is 0 Å². The van der Waals surface area contributed by atoms with E-state index in [9.17, 15) is 0 Å². The van der Waals surface area contributed by atoms with E-state index in [1.54, 1.807) is 12.4 Å². The van der Waals surface area contributed by atoms with E-state index >= 15 is 0 Å². The predicted molar refractivity (Wildman–Crippen MR) is 46.7 cm³/mol. The molecule has 1 N–H and O–H groups in total. The second-order valence-corrected chi connectivity index (χ2v) is 2.46. The van der Waals surface area contributed by atoms with E-state index in [-0.39, 0.29) is 6.04 Å². The highest BCUT2D eigenvalue weighted by Crippen LogP contribution is 2.11. The molecule has 1 radical (unpaired) electrons. The van der Waals surface area contributed by atoms with Crippen LogP contribution in [0.4, 0.5) is 0 Å². The first-order valence-corrected chi connectivity index (χ1v) is 3.75. The van der Waals surface area contributed by atoms with Gasteiger partial charge < -0.3 is 5.32 Å². The maximum Gasteiger partial charge on any atom is 0.169 e. The average Bonchev–Trinajstić information content (AvgIpc) is 2.21. The van der Waals surface area contributed by atoms with Crippen molar-refractivity contribution in [1.82, 2.24) is 10.3 Å². The fourth-order valence-corrected chi connectivity index (χ4v) is 1.05. The van der Waals surface area contributed by atoms with Crippen LogP contribution in [-0.4, -0.2) is 11.3 Å². The van der Waals surface area contributed by atoms with Crippen LogP contribution in [0.15, 0.2) is 41.7 Å². The van der Waals surface area contributed by atoms with Crippen molar-refractivity contribution in [2.45, 2.75) is 6.04 Å². The molecule has 1 aromatic rings. The fraction of sp³-hybridized carbons (Fsp3) is 0.111. The zero-order valence-corrected chi connectivity index (χ0v) is 6.44. The van der Waals surface area contributed by atoms with Gasteiger partial charge in [-0.15, -0.1) is 0 Å². The van der Waals surface area contributed by atoms with Crippen molar-refractivity contribution in [2.75, 3.05) is 0 Å². The van der Waals surface area contributed by atoms with Gasteiger partial charge in [0.15, 0.2) is 6.34 Å². The molecule has 1 aliphatic heterocycles. The smallest absolute Gasteiger partial charge is 0.169 e. The van der Waals surface area contributed by atoms with Gasteiger partial charge in [0, 0.05) is 12.4 Å². The molecule has 0 saturated carbocycles. The third kappa shape index (κ3) is 1.34. The van der Waals surface area contributed by atoms with Crippen molar-refractivity contribution in [1.29, 1.82) is 0 Å². The van der Waals surface area contributed by atoms with Crippen LogP contribution in [0.2, 0.25) is 0 Å². The second kappa shape index (κ2) is 3.17. The number of rotatable bonds is 1. The minimum atomic E-state index is 0.115. The van der Waals surface area contributed by atoms with Gasteiger partial charge in [-0.1, -0.05) is 6.07 Å². The van der Waals surface area contributed by atoms with Crippen molar-refractivity contribution in [3.05, 3.63) is 42.4 Å². The Morgan fingerprint density at radius 2 is 2.42 bits per heavy atom. The molecule has 3 nitrogen and oxygen atoms in total. The van der Waals surface area contributed by atoms with Gasteiger partial charge in [0.1, 0.15) is 0 Å². The van der Waals surface area contributed by atoms with Gasteiger partial charge >= 0.3 is 0 Å². The lowest BCUT2D eigenvalue weighted by molar-refractivity contribution is 0.760. The van der Waals surface area contributed by atoms with Crippen molar-refractivity contribution >= 4 is 6.34 Å². The van der Waals surface area contributed by atoms with E-state index in [4.69, 9.17) is 0 Å². The molecule has 0 spiro atoms. The maximum absolute atomic E-state index is 4.21. The molecular formula is C9H8N3. The van der Waals surface area contributed by atoms with Gasteiger partial charge in [-0.2, -0.15) is 0 Å². The summed E-state index contributed by atoms with van der Waals surface area (Å²) in [4.78, 5) is 7.99. The summed E-state index contributed by atoms with van der Waals surface area (Å²) in [7, 11) is 0. The van der Waals surface area contributed by atoms with Crippen molar-refractivity contribution in [2.24, 2.45) is 4.99 Å². The molecule has 0 unspecified atom stereocenters. The molecule has 1 aromatic heterocycles. The van der Waals surface area contributed by atoms with Gasteiger partial charge in [0.05, 0.1) is 11.7 Å². The molecular weight excluding hydrogens is 150 g/mol. The van der Waals surface area contributed by atoms with Crippen LogP contribution in [0.5, 0.6) is 0 Å². The Labute approximate surface area is 70.9 Å². The van der Waals surface area contributed by atoms with Crippen LogP contribution in [0, 0.1) is 0 Å². The highest BCUT2D eigenvalue weighted by atomic mass is 15.0. The SMILES string of the molecule is [C]1=NC=C[C@@H](c2ccccn2)N1. The number of nitrogens with one attached hydrogen (secondary N) is 1. The second-order valence-electron chi connectivity index (χ2n) is 2.46. The highest BCUT2D eigenvalue weighted by Gasteiger charge is 2.07. The molecule has 3 heteroatoms. The van der Waals surface area contributed by atoms with Gasteiger partial charge in [-0.25, -0.2) is 4.99 Å². The molecule has 2 heterocycles. The summed E-state index contributed by atoms with van der Waals surface area (Å²) in [5.41, 5.74) is 0.983. The van der Waals surface area contributed by atoms with Gasteiger partial charge in [-0.05, 0) is 18.2 Å². The summed E-state index contributed by atoms with van der Waals surface area (Å²) in [5, 5.41) is 2.97. The molecule has 0 bridgehead atoms. The van der Waals surface area contributed by atoms with Crippen LogP contribution in [0.3, 0.4) is 0 Å². The molecule has 59 valence electrons. The third-order valence-electron chi connectivity index (χ3n) is 1.64. The number of pyridine rings is 1. The first kappa shape index (κ1) is 7.03. The molecule has 2 rings (SSSR count). The number of aromatic nitrogens is 1. The first-order valence-electron chi connectivity index (χ1n) is 3.75. The van der Waals surface area contributed by atoms with Gasteiger partial charge in [-0.3, -0.25) is 4.98 Å². The Bertz CT molecular complexity index is 303. The zero-order valence-electron chi connectivity index (χ0n) is 6.44. The van der Waals surface area contributed by atoms with Crippen molar-refractivity contribution in [3.8, 4) is 0 Å². The summed E-state index contributed by atoms with van der Waals surface area (Å²) >= 11 is 0. The van der Waals surface area contributed by atoms with Crippen molar-refractivity contribution in [3.63, 3.8) is 0 Å². The minimum Gasteiger partial charge on any atom is -0.355 e. The number of hydrogen-bond acceptors (Lipinski definition) is 3. The summed E-state index contributed by atoms with van der Waals surface area (Å²) in [5.74, 6) is 0. The molecule has 0 aromatic carbocycles. The topological polar surface area (TPSA) is 37.3 Å². The van der Waals surface area contributed by atoms with Gasteiger partial charge in [0.2, 0.25) is 0 Å². The summed E-state index contributed by atoms with van der Waals surface area (Å²) in [6.07, 6.45) is 8.12. The molecule has 0 amide bonds. The molecule has 0 fully saturated rings. The predicted octanol–water partition coefficient (Wildman–Crippen LogP) is 1.14. The molecule has 0 saturated heterocycles. The lowest BCUT2D eigenvalue weighted by atomic mass is 10.2. The number of nitrogens with zero attached hydrogens (tertiary/aromatic N) is 2. The number of aliphatic imine (C=N–C) groups is 1. The van der Waals surface area contributed by atoms with E-state index in [0.29, 0.717) is 0 Å². The highest BCUT2D eigenvalue weighted by molar-refractivity contribution is 5.58. The molecule has 1 aliphatic rings. The first-order chi connectivity index (χ1) is 5.97. The Kier molecular flexibility index (Phi) is 1.86. The van der Waals surface area contributed by atoms with Crippen LogP contribution in [0.1, 0.15) is 11.7 Å². The van der Waals surface area contributed by atoms with E-state index in [0.717, 1.165) is 5.69 Å². The Morgan fingerprint density at radius 1 is 1.42 bits per heavy atom. The normalized spacial score (nSPS) is 20.5. The largest absolute Gasteiger partial charge is 0.355 e. The third-order valence-corrected chi connectivity index (χ3v) is 1.64. The summed E-state index contributed by atoms with van der Waals surface area (Å²) < 4.78 is 0. The molecule has 0 aliphatic carbocycles. The Balaban J connectivity index is 2.21. The monoisotopic (exact) mass is 158 g/mol. The van der Waals surface area contributed by atoms with Crippen LogP contribution >= 0.6 is 0 Å². The lowest BCUT2D eigenvalue weighted by Crippen LogP contribution is -2.20. The van der Waals surface area contributed by atoms with E-state index in [1.165, 1.54) is 0 Å². The standard InChI is InChI=1S/C9H8N3/c1-2-5-11-8(3-1)9-4-6-10-7-12-9/h1-6,9H,(H,10,12)/t9-/m0/s1. The van der Waals surface area contributed by atoms with E-state index in [1.807, 2.05) is 24.3 Å². The Morgan fingerprint density at radius 3 is 3.08 bits per heavy atom. The quantitative estimate of drug-likeness (QED) is 0.665. The molecule has 1 atom stereocenters. The van der Waals surface area contributed by atoms with E-state index in [2.05, 4.69) is 21.6 Å². The lowest BCUT2D eigenvalue weighted by Gasteiger charge is -2.12. The minimum absolute atomic E-state index is 0.115. The fourth-order valence-electron chi connectivity index (χ4n) is 1.05. The molecule has 12 heavy (non-hydrogen) atoms. The van der Waals surface area contributed by atoms with Crippen molar-refractivity contribution < 1.29 is 0 Å².